The van der Waals surface area contributed by atoms with Gasteiger partial charge >= 0.3 is 6.03 Å². The normalized spacial score (nSPS) is 20.7. The molecule has 0 bridgehead atoms. The second-order valence-electron chi connectivity index (χ2n) is 6.49. The van der Waals surface area contributed by atoms with Gasteiger partial charge in [0.2, 0.25) is 12.7 Å². The van der Waals surface area contributed by atoms with E-state index in [0.29, 0.717) is 22.8 Å². The van der Waals surface area contributed by atoms with Gasteiger partial charge in [0.05, 0.1) is 6.26 Å². The van der Waals surface area contributed by atoms with E-state index in [9.17, 15) is 9.59 Å². The third kappa shape index (κ3) is 2.42. The van der Waals surface area contributed by atoms with Gasteiger partial charge in [-0.15, -0.1) is 10.2 Å². The van der Waals surface area contributed by atoms with Crippen molar-refractivity contribution in [3.8, 4) is 23.1 Å². The molecule has 142 valence electrons. The van der Waals surface area contributed by atoms with Gasteiger partial charge in [0.25, 0.3) is 11.8 Å². The molecule has 1 unspecified atom stereocenters. The first-order valence-corrected chi connectivity index (χ1v) is 8.45. The summed E-state index contributed by atoms with van der Waals surface area (Å²) in [4.78, 5) is 26.5. The molecule has 5 rings (SSSR count). The number of aromatic nitrogens is 2. The van der Waals surface area contributed by atoms with E-state index in [-0.39, 0.29) is 25.1 Å². The number of hydrogen-bond acceptors (Lipinski definition) is 8. The standard InChI is InChI=1S/C18H14N4O6/c1-18(10-4-5-11-13(7-10)27-9-26-11)16(23)22(17(24)19-18)8-14-20-21-15(28-14)12-3-2-6-25-12/h2-7H,8-9H2,1H3,(H,19,24). The number of hydrogen-bond donors (Lipinski definition) is 1. The van der Waals surface area contributed by atoms with Crippen molar-refractivity contribution in [3.63, 3.8) is 0 Å². The van der Waals surface area contributed by atoms with Crippen molar-refractivity contribution in [2.24, 2.45) is 0 Å². The molecular weight excluding hydrogens is 368 g/mol. The fraction of sp³-hybridized carbons (Fsp3) is 0.222. The summed E-state index contributed by atoms with van der Waals surface area (Å²) in [6, 6.07) is 7.92. The lowest BCUT2D eigenvalue weighted by molar-refractivity contribution is -0.131. The molecule has 1 N–H and O–H groups in total. The molecule has 0 aliphatic carbocycles. The fourth-order valence-corrected chi connectivity index (χ4v) is 3.20. The summed E-state index contributed by atoms with van der Waals surface area (Å²) < 4.78 is 21.3. The molecule has 2 aliphatic heterocycles. The van der Waals surface area contributed by atoms with Crippen molar-refractivity contribution in [1.82, 2.24) is 20.4 Å². The third-order valence-electron chi connectivity index (χ3n) is 4.72. The summed E-state index contributed by atoms with van der Waals surface area (Å²) in [7, 11) is 0. The van der Waals surface area contributed by atoms with Crippen LogP contribution in [0.3, 0.4) is 0 Å². The molecule has 1 fully saturated rings. The Morgan fingerprint density at radius 2 is 2.04 bits per heavy atom. The van der Waals surface area contributed by atoms with E-state index in [1.807, 2.05) is 0 Å². The van der Waals surface area contributed by atoms with E-state index < -0.39 is 17.5 Å². The van der Waals surface area contributed by atoms with E-state index in [1.165, 1.54) is 6.26 Å². The smallest absolute Gasteiger partial charge is 0.325 e. The number of imide groups is 1. The summed E-state index contributed by atoms with van der Waals surface area (Å²) in [5, 5.41) is 10.5. The van der Waals surface area contributed by atoms with E-state index >= 15 is 0 Å². The van der Waals surface area contributed by atoms with Gasteiger partial charge in [-0.05, 0) is 36.8 Å². The predicted octanol–water partition coefficient (Wildman–Crippen LogP) is 2.03. The number of rotatable bonds is 4. The highest BCUT2D eigenvalue weighted by atomic mass is 16.7. The molecule has 4 heterocycles. The summed E-state index contributed by atoms with van der Waals surface area (Å²) in [5.74, 6) is 1.38. The molecule has 0 radical (unpaired) electrons. The van der Waals surface area contributed by atoms with Gasteiger partial charge in [0.15, 0.2) is 17.3 Å². The summed E-state index contributed by atoms with van der Waals surface area (Å²) >= 11 is 0. The predicted molar refractivity (Wildman–Crippen MR) is 91.0 cm³/mol. The van der Waals surface area contributed by atoms with E-state index in [4.69, 9.17) is 18.3 Å². The minimum absolute atomic E-state index is 0.116. The summed E-state index contributed by atoms with van der Waals surface area (Å²) in [5.41, 5.74) is -0.665. The highest BCUT2D eigenvalue weighted by molar-refractivity contribution is 6.07. The molecule has 1 saturated heterocycles. The second-order valence-corrected chi connectivity index (χ2v) is 6.49. The Labute approximate surface area is 158 Å². The molecule has 0 spiro atoms. The fourth-order valence-electron chi connectivity index (χ4n) is 3.20. The number of nitrogens with zero attached hydrogens (tertiary/aromatic N) is 3. The van der Waals surface area contributed by atoms with Crippen LogP contribution in [0.4, 0.5) is 4.79 Å². The van der Waals surface area contributed by atoms with Crippen LogP contribution in [0.25, 0.3) is 11.7 Å². The highest BCUT2D eigenvalue weighted by Gasteiger charge is 2.49. The highest BCUT2D eigenvalue weighted by Crippen LogP contribution is 2.38. The Morgan fingerprint density at radius 1 is 1.18 bits per heavy atom. The summed E-state index contributed by atoms with van der Waals surface area (Å²) in [6.07, 6.45) is 1.48. The zero-order chi connectivity index (χ0) is 19.3. The lowest BCUT2D eigenvalue weighted by Gasteiger charge is -2.22. The molecule has 1 aromatic carbocycles. The minimum atomic E-state index is -1.25. The van der Waals surface area contributed by atoms with Crippen LogP contribution < -0.4 is 14.8 Å². The average Bonchev–Trinajstić information content (AvgIpc) is 3.47. The zero-order valence-electron chi connectivity index (χ0n) is 14.7. The van der Waals surface area contributed by atoms with E-state index in [1.54, 1.807) is 37.3 Å². The van der Waals surface area contributed by atoms with E-state index in [0.717, 1.165) is 4.90 Å². The average molecular weight is 382 g/mol. The maximum atomic E-state index is 13.0. The monoisotopic (exact) mass is 382 g/mol. The Balaban J connectivity index is 1.40. The summed E-state index contributed by atoms with van der Waals surface area (Å²) in [6.45, 7) is 1.60. The van der Waals surface area contributed by atoms with Crippen LogP contribution in [-0.2, 0) is 16.9 Å². The van der Waals surface area contributed by atoms with Crippen molar-refractivity contribution in [3.05, 3.63) is 48.0 Å². The van der Waals surface area contributed by atoms with Crippen LogP contribution in [0, 0.1) is 0 Å². The van der Waals surface area contributed by atoms with Gasteiger partial charge in [0, 0.05) is 0 Å². The number of fused-ring (bicyclic) bond motifs is 1. The van der Waals surface area contributed by atoms with Crippen LogP contribution in [0.15, 0.2) is 45.4 Å². The van der Waals surface area contributed by atoms with Crippen molar-refractivity contribution >= 4 is 11.9 Å². The van der Waals surface area contributed by atoms with Crippen LogP contribution in [-0.4, -0.2) is 33.8 Å². The van der Waals surface area contributed by atoms with Crippen LogP contribution in [0.5, 0.6) is 11.5 Å². The van der Waals surface area contributed by atoms with Gasteiger partial charge in [0.1, 0.15) is 12.1 Å². The Morgan fingerprint density at radius 3 is 2.86 bits per heavy atom. The molecule has 2 aliphatic rings. The Kier molecular flexibility index (Phi) is 3.41. The lowest BCUT2D eigenvalue weighted by Crippen LogP contribution is -2.40. The van der Waals surface area contributed by atoms with Gasteiger partial charge in [-0.25, -0.2) is 4.79 Å². The Bertz CT molecular complexity index is 1080. The van der Waals surface area contributed by atoms with Crippen molar-refractivity contribution in [2.45, 2.75) is 19.0 Å². The molecule has 10 nitrogen and oxygen atoms in total. The first-order chi connectivity index (χ1) is 13.5. The number of ether oxygens (including phenoxy) is 2. The largest absolute Gasteiger partial charge is 0.459 e. The SMILES string of the molecule is CC1(c2ccc3c(c2)OCO3)NC(=O)N(Cc2nnc(-c3ccco3)o2)C1=O. The van der Waals surface area contributed by atoms with Crippen LogP contribution in [0.1, 0.15) is 18.4 Å². The van der Waals surface area contributed by atoms with E-state index in [2.05, 4.69) is 15.5 Å². The minimum Gasteiger partial charge on any atom is -0.459 e. The second kappa shape index (κ2) is 5.84. The van der Waals surface area contributed by atoms with Crippen LogP contribution >= 0.6 is 0 Å². The molecule has 0 saturated carbocycles. The third-order valence-corrected chi connectivity index (χ3v) is 4.72. The van der Waals surface area contributed by atoms with Crippen molar-refractivity contribution < 1.29 is 27.9 Å². The molecule has 3 amide bonds. The molecule has 3 aromatic rings. The Hall–Kier alpha value is -3.82. The number of amides is 3. The van der Waals surface area contributed by atoms with Gasteiger partial charge in [-0.2, -0.15) is 0 Å². The number of furan rings is 1. The van der Waals surface area contributed by atoms with Crippen LogP contribution in [0.2, 0.25) is 0 Å². The van der Waals surface area contributed by atoms with Crippen molar-refractivity contribution in [2.75, 3.05) is 6.79 Å². The van der Waals surface area contributed by atoms with Gasteiger partial charge in [-0.1, -0.05) is 6.07 Å². The zero-order valence-corrected chi connectivity index (χ0v) is 14.7. The maximum absolute atomic E-state index is 13.0. The number of nitrogens with one attached hydrogen (secondary N) is 1. The molecule has 10 heteroatoms. The number of benzene rings is 1. The number of urea groups is 1. The lowest BCUT2D eigenvalue weighted by atomic mass is 9.91. The molecule has 28 heavy (non-hydrogen) atoms. The first-order valence-electron chi connectivity index (χ1n) is 8.45. The van der Waals surface area contributed by atoms with Crippen molar-refractivity contribution in [1.29, 1.82) is 0 Å². The van der Waals surface area contributed by atoms with Gasteiger partial charge < -0.3 is 23.6 Å². The van der Waals surface area contributed by atoms with Gasteiger partial charge in [-0.3, -0.25) is 9.69 Å². The maximum Gasteiger partial charge on any atom is 0.325 e. The molecule has 1 atom stereocenters. The molecular formula is C18H14N4O6. The first kappa shape index (κ1) is 16.4. The number of carbonyl (C=O) groups is 2. The molecule has 2 aromatic heterocycles. The number of carbonyl (C=O) groups excluding carboxylic acids is 2. The topological polar surface area (TPSA) is 120 Å². The quantitative estimate of drug-likeness (QED) is 0.681.